The molecule has 88 valence electrons. The molecule has 0 bridgehead atoms. The van der Waals surface area contributed by atoms with Crippen molar-refractivity contribution in [3.05, 3.63) is 29.6 Å². The van der Waals surface area contributed by atoms with Gasteiger partial charge in [-0.1, -0.05) is 22.0 Å². The van der Waals surface area contributed by atoms with Gasteiger partial charge < -0.3 is 4.74 Å². The van der Waals surface area contributed by atoms with E-state index in [0.717, 1.165) is 18.5 Å². The van der Waals surface area contributed by atoms with E-state index in [9.17, 15) is 0 Å². The Kier molecular flexibility index (Phi) is 3.98. The molecule has 2 nitrogen and oxygen atoms in total. The molecule has 0 saturated carbocycles. The maximum atomic E-state index is 5.84. The molecule has 2 heterocycles. The van der Waals surface area contributed by atoms with Crippen LogP contribution in [-0.2, 0) is 11.2 Å². The van der Waals surface area contributed by atoms with Crippen molar-refractivity contribution in [3.8, 4) is 0 Å². The van der Waals surface area contributed by atoms with Gasteiger partial charge in [0, 0.05) is 23.1 Å². The van der Waals surface area contributed by atoms with Crippen molar-refractivity contribution < 1.29 is 4.74 Å². The van der Waals surface area contributed by atoms with Crippen molar-refractivity contribution in [1.82, 2.24) is 4.98 Å². The molecule has 1 aliphatic heterocycles. The largest absolute Gasteiger partial charge is 0.374 e. The minimum atomic E-state index is 0.345. The van der Waals surface area contributed by atoms with Crippen LogP contribution in [0.15, 0.2) is 18.3 Å². The number of hydrogen-bond donors (Lipinski definition) is 0. The van der Waals surface area contributed by atoms with E-state index in [-0.39, 0.29) is 0 Å². The van der Waals surface area contributed by atoms with Crippen LogP contribution in [0.4, 0.5) is 0 Å². The third-order valence-electron chi connectivity index (χ3n) is 3.04. The first kappa shape index (κ1) is 12.1. The third kappa shape index (κ3) is 3.05. The van der Waals surface area contributed by atoms with Crippen LogP contribution in [0.25, 0.3) is 0 Å². The zero-order valence-corrected chi connectivity index (χ0v) is 11.4. The maximum absolute atomic E-state index is 5.84. The van der Waals surface area contributed by atoms with Gasteiger partial charge in [-0.15, -0.1) is 0 Å². The summed E-state index contributed by atoms with van der Waals surface area (Å²) in [4.78, 5) is 4.81. The van der Waals surface area contributed by atoms with E-state index in [2.05, 4.69) is 46.9 Å². The molecule has 0 amide bonds. The van der Waals surface area contributed by atoms with E-state index < -0.39 is 0 Å². The lowest BCUT2D eigenvalue weighted by Crippen LogP contribution is -2.23. The molecular weight excluding hydrogens is 266 g/mol. The lowest BCUT2D eigenvalue weighted by molar-refractivity contribution is 0.0557. The molecule has 0 aromatic carbocycles. The van der Waals surface area contributed by atoms with Crippen LogP contribution in [0.3, 0.4) is 0 Å². The fraction of sp³-hybridized carbons (Fsp3) is 0.615. The van der Waals surface area contributed by atoms with Crippen LogP contribution in [0.2, 0.25) is 0 Å². The van der Waals surface area contributed by atoms with Gasteiger partial charge in [-0.3, -0.25) is 4.98 Å². The van der Waals surface area contributed by atoms with Crippen LogP contribution in [0.1, 0.15) is 31.0 Å². The molecule has 1 fully saturated rings. The number of pyridine rings is 1. The Morgan fingerprint density at radius 1 is 1.50 bits per heavy atom. The van der Waals surface area contributed by atoms with Gasteiger partial charge in [0.05, 0.1) is 12.2 Å². The zero-order valence-electron chi connectivity index (χ0n) is 9.82. The van der Waals surface area contributed by atoms with Gasteiger partial charge in [0.1, 0.15) is 0 Å². The Morgan fingerprint density at radius 3 is 2.88 bits per heavy atom. The first-order valence-electron chi connectivity index (χ1n) is 5.86. The van der Waals surface area contributed by atoms with Crippen LogP contribution in [0, 0.1) is 6.92 Å². The van der Waals surface area contributed by atoms with Gasteiger partial charge in [-0.05, 0) is 38.3 Å². The first-order valence-corrected chi connectivity index (χ1v) is 6.78. The predicted octanol–water partition coefficient (Wildman–Crippen LogP) is 3.26. The van der Waals surface area contributed by atoms with Gasteiger partial charge in [0.2, 0.25) is 0 Å². The molecule has 3 atom stereocenters. The quantitative estimate of drug-likeness (QED) is 0.795. The number of aromatic nitrogens is 1. The van der Waals surface area contributed by atoms with Crippen molar-refractivity contribution in [3.63, 3.8) is 0 Å². The lowest BCUT2D eigenvalue weighted by Gasteiger charge is -2.17. The second-order valence-corrected chi connectivity index (χ2v) is 5.79. The monoisotopic (exact) mass is 283 g/mol. The second kappa shape index (κ2) is 5.28. The first-order chi connectivity index (χ1) is 7.65. The lowest BCUT2D eigenvalue weighted by atomic mass is 10.1. The van der Waals surface area contributed by atoms with E-state index >= 15 is 0 Å². The molecular formula is C13H18BrNO. The molecule has 1 aromatic rings. The highest BCUT2D eigenvalue weighted by Crippen LogP contribution is 2.27. The predicted molar refractivity (Wildman–Crippen MR) is 69.0 cm³/mol. The minimum Gasteiger partial charge on any atom is -0.374 e. The van der Waals surface area contributed by atoms with E-state index in [0.29, 0.717) is 17.0 Å². The molecule has 1 aromatic heterocycles. The Hall–Kier alpha value is -0.410. The van der Waals surface area contributed by atoms with E-state index in [1.165, 1.54) is 12.0 Å². The van der Waals surface area contributed by atoms with Crippen molar-refractivity contribution in [2.75, 3.05) is 0 Å². The number of hydrogen-bond acceptors (Lipinski definition) is 2. The fourth-order valence-corrected chi connectivity index (χ4v) is 2.77. The highest BCUT2D eigenvalue weighted by molar-refractivity contribution is 9.09. The topological polar surface area (TPSA) is 22.1 Å². The summed E-state index contributed by atoms with van der Waals surface area (Å²) in [6, 6.07) is 4.21. The number of halogens is 1. The van der Waals surface area contributed by atoms with Crippen LogP contribution < -0.4 is 0 Å². The van der Waals surface area contributed by atoms with Crippen LogP contribution in [-0.4, -0.2) is 22.0 Å². The van der Waals surface area contributed by atoms with Gasteiger partial charge in [0.15, 0.2) is 0 Å². The number of alkyl halides is 1. The number of aryl methyl sites for hydroxylation is 1. The Labute approximate surface area is 106 Å². The summed E-state index contributed by atoms with van der Waals surface area (Å²) in [5.41, 5.74) is 2.34. The number of rotatable bonds is 3. The zero-order chi connectivity index (χ0) is 11.5. The second-order valence-electron chi connectivity index (χ2n) is 4.61. The molecule has 3 heteroatoms. The summed E-state index contributed by atoms with van der Waals surface area (Å²) in [7, 11) is 0. The van der Waals surface area contributed by atoms with Crippen molar-refractivity contribution in [2.45, 2.75) is 50.1 Å². The van der Waals surface area contributed by atoms with Crippen LogP contribution >= 0.6 is 15.9 Å². The molecule has 1 aliphatic rings. The average molecular weight is 284 g/mol. The van der Waals surface area contributed by atoms with Gasteiger partial charge in [-0.2, -0.15) is 0 Å². The van der Waals surface area contributed by atoms with E-state index in [1.54, 1.807) is 0 Å². The molecule has 16 heavy (non-hydrogen) atoms. The molecule has 0 N–H and O–H groups in total. The van der Waals surface area contributed by atoms with Crippen LogP contribution in [0.5, 0.6) is 0 Å². The van der Waals surface area contributed by atoms with Crippen molar-refractivity contribution in [1.29, 1.82) is 0 Å². The summed E-state index contributed by atoms with van der Waals surface area (Å²) in [5.74, 6) is 0. The summed E-state index contributed by atoms with van der Waals surface area (Å²) >= 11 is 3.72. The Morgan fingerprint density at radius 2 is 2.31 bits per heavy atom. The number of ether oxygens (including phenoxy) is 1. The van der Waals surface area contributed by atoms with Gasteiger partial charge in [0.25, 0.3) is 0 Å². The smallest absolute Gasteiger partial charge is 0.0708 e. The summed E-state index contributed by atoms with van der Waals surface area (Å²) in [5, 5.41) is 0. The molecule has 3 unspecified atom stereocenters. The maximum Gasteiger partial charge on any atom is 0.0708 e. The summed E-state index contributed by atoms with van der Waals surface area (Å²) < 4.78 is 5.84. The molecule has 1 saturated heterocycles. The Bertz CT molecular complexity index is 338. The molecule has 0 spiro atoms. The number of nitrogens with zero attached hydrogens (tertiary/aromatic N) is 1. The van der Waals surface area contributed by atoms with E-state index in [4.69, 9.17) is 4.74 Å². The van der Waals surface area contributed by atoms with Crippen molar-refractivity contribution >= 4 is 15.9 Å². The van der Waals surface area contributed by atoms with Gasteiger partial charge >= 0.3 is 0 Å². The average Bonchev–Trinajstić information content (AvgIpc) is 2.68. The standard InChI is InChI=1S/C13H18BrNO/c1-9-3-5-11(15-8-9)7-12(14)13-6-4-10(2)16-13/h3,5,8,10,12-13H,4,6-7H2,1-2H3. The summed E-state index contributed by atoms with van der Waals surface area (Å²) in [6.07, 6.45) is 5.95. The fourth-order valence-electron chi connectivity index (χ4n) is 2.05. The summed E-state index contributed by atoms with van der Waals surface area (Å²) in [6.45, 7) is 4.20. The van der Waals surface area contributed by atoms with E-state index in [1.807, 2.05) is 6.20 Å². The van der Waals surface area contributed by atoms with Gasteiger partial charge in [-0.25, -0.2) is 0 Å². The highest BCUT2D eigenvalue weighted by Gasteiger charge is 2.28. The Balaban J connectivity index is 1.91. The minimum absolute atomic E-state index is 0.345. The molecule has 2 rings (SSSR count). The normalized spacial score (nSPS) is 26.9. The third-order valence-corrected chi connectivity index (χ3v) is 3.96. The highest BCUT2D eigenvalue weighted by atomic mass is 79.9. The molecule has 0 aliphatic carbocycles. The van der Waals surface area contributed by atoms with Crippen molar-refractivity contribution in [2.24, 2.45) is 0 Å². The SMILES string of the molecule is Cc1ccc(CC(Br)C2CCC(C)O2)nc1. The molecule has 0 radical (unpaired) electrons.